The second-order valence-corrected chi connectivity index (χ2v) is 3.78. The van der Waals surface area contributed by atoms with Gasteiger partial charge in [-0.05, 0) is 43.0 Å². The van der Waals surface area contributed by atoms with E-state index < -0.39 is 0 Å². The molecule has 0 aromatic carbocycles. The number of hydrogen-bond acceptors (Lipinski definition) is 3. The van der Waals surface area contributed by atoms with Gasteiger partial charge in [0.2, 0.25) is 0 Å². The molecule has 0 bridgehead atoms. The van der Waals surface area contributed by atoms with Gasteiger partial charge in [-0.25, -0.2) is 4.98 Å². The molecule has 2 rings (SSSR count). The van der Waals surface area contributed by atoms with Gasteiger partial charge in [0, 0.05) is 18.2 Å². The number of pyridine rings is 1. The normalized spacial score (nSPS) is 17.1. The Balaban J connectivity index is 2.37. The third kappa shape index (κ3) is 2.24. The van der Waals surface area contributed by atoms with Crippen LogP contribution in [0.5, 0.6) is 0 Å². The predicted octanol–water partition coefficient (Wildman–Crippen LogP) is 2.19. The lowest BCUT2D eigenvalue weighted by Gasteiger charge is -2.06. The van der Waals surface area contributed by atoms with E-state index in [0.29, 0.717) is 12.2 Å². The number of hydrogen-bond donors (Lipinski definition) is 1. The van der Waals surface area contributed by atoms with E-state index in [0.717, 1.165) is 30.4 Å². The molecule has 3 heteroatoms. The SMILES string of the molecule is Nc1ncccc1C1=CC(=O)CCCC1. The fourth-order valence-electron chi connectivity index (χ4n) is 1.85. The Morgan fingerprint density at radius 1 is 1.27 bits per heavy atom. The van der Waals surface area contributed by atoms with E-state index in [9.17, 15) is 4.79 Å². The van der Waals surface area contributed by atoms with Crippen molar-refractivity contribution in [3.63, 3.8) is 0 Å². The third-order valence-corrected chi connectivity index (χ3v) is 2.64. The highest BCUT2D eigenvalue weighted by Crippen LogP contribution is 2.27. The van der Waals surface area contributed by atoms with Gasteiger partial charge in [-0.2, -0.15) is 0 Å². The molecular formula is C12H14N2O. The number of anilines is 1. The molecule has 0 saturated heterocycles. The van der Waals surface area contributed by atoms with Crippen LogP contribution < -0.4 is 5.73 Å². The smallest absolute Gasteiger partial charge is 0.155 e. The Morgan fingerprint density at radius 3 is 2.87 bits per heavy atom. The molecular weight excluding hydrogens is 188 g/mol. The van der Waals surface area contributed by atoms with Gasteiger partial charge in [0.1, 0.15) is 5.82 Å². The molecule has 1 aliphatic carbocycles. The van der Waals surface area contributed by atoms with Crippen LogP contribution in [0.3, 0.4) is 0 Å². The summed E-state index contributed by atoms with van der Waals surface area (Å²) in [6.07, 6.45) is 6.98. The van der Waals surface area contributed by atoms with Crippen LogP contribution in [0.2, 0.25) is 0 Å². The summed E-state index contributed by atoms with van der Waals surface area (Å²) < 4.78 is 0. The highest BCUT2D eigenvalue weighted by Gasteiger charge is 2.12. The minimum absolute atomic E-state index is 0.200. The van der Waals surface area contributed by atoms with E-state index in [2.05, 4.69) is 4.98 Å². The molecule has 15 heavy (non-hydrogen) atoms. The molecule has 0 saturated carbocycles. The summed E-state index contributed by atoms with van der Waals surface area (Å²) in [6.45, 7) is 0. The lowest BCUT2D eigenvalue weighted by molar-refractivity contribution is -0.114. The van der Waals surface area contributed by atoms with Crippen molar-refractivity contribution >= 4 is 17.2 Å². The zero-order valence-electron chi connectivity index (χ0n) is 8.57. The Kier molecular flexibility index (Phi) is 2.81. The van der Waals surface area contributed by atoms with Gasteiger partial charge >= 0.3 is 0 Å². The van der Waals surface area contributed by atoms with E-state index in [4.69, 9.17) is 5.73 Å². The van der Waals surface area contributed by atoms with Crippen LogP contribution in [0.1, 0.15) is 31.2 Å². The highest BCUT2D eigenvalue weighted by atomic mass is 16.1. The number of carbonyl (C=O) groups excluding carboxylic acids is 1. The van der Waals surface area contributed by atoms with Crippen LogP contribution in [0.4, 0.5) is 5.82 Å². The van der Waals surface area contributed by atoms with Gasteiger partial charge in [0.15, 0.2) is 5.78 Å². The van der Waals surface area contributed by atoms with E-state index in [1.165, 1.54) is 0 Å². The molecule has 1 heterocycles. The standard InChI is InChI=1S/C12H14N2O/c13-12-11(6-3-7-14-12)9-4-1-2-5-10(15)8-9/h3,6-8H,1-2,4-5H2,(H2,13,14). The summed E-state index contributed by atoms with van der Waals surface area (Å²) in [4.78, 5) is 15.5. The van der Waals surface area contributed by atoms with E-state index in [1.54, 1.807) is 12.3 Å². The van der Waals surface area contributed by atoms with Gasteiger partial charge in [-0.15, -0.1) is 0 Å². The molecule has 1 aromatic heterocycles. The molecule has 0 aliphatic heterocycles. The number of ketones is 1. The van der Waals surface area contributed by atoms with Crippen molar-refractivity contribution in [2.75, 3.05) is 5.73 Å². The van der Waals surface area contributed by atoms with Crippen molar-refractivity contribution in [2.45, 2.75) is 25.7 Å². The zero-order chi connectivity index (χ0) is 10.7. The summed E-state index contributed by atoms with van der Waals surface area (Å²) >= 11 is 0. The summed E-state index contributed by atoms with van der Waals surface area (Å²) in [5, 5.41) is 0. The molecule has 0 amide bonds. The first-order chi connectivity index (χ1) is 7.27. The van der Waals surface area contributed by atoms with Crippen LogP contribution in [0.25, 0.3) is 5.57 Å². The minimum atomic E-state index is 0.200. The third-order valence-electron chi connectivity index (χ3n) is 2.64. The van der Waals surface area contributed by atoms with E-state index >= 15 is 0 Å². The highest BCUT2D eigenvalue weighted by molar-refractivity contribution is 5.98. The Bertz CT molecular complexity index is 410. The second-order valence-electron chi connectivity index (χ2n) is 3.78. The van der Waals surface area contributed by atoms with Crippen molar-refractivity contribution < 1.29 is 4.79 Å². The lowest BCUT2D eigenvalue weighted by atomic mass is 10.0. The van der Waals surface area contributed by atoms with Crippen molar-refractivity contribution in [3.8, 4) is 0 Å². The predicted molar refractivity (Wildman–Crippen MR) is 60.1 cm³/mol. The first kappa shape index (κ1) is 9.90. The van der Waals surface area contributed by atoms with Gasteiger partial charge in [-0.1, -0.05) is 0 Å². The summed E-state index contributed by atoms with van der Waals surface area (Å²) in [5.41, 5.74) is 7.73. The summed E-state index contributed by atoms with van der Waals surface area (Å²) in [5.74, 6) is 0.712. The summed E-state index contributed by atoms with van der Waals surface area (Å²) in [7, 11) is 0. The molecule has 78 valence electrons. The molecule has 0 radical (unpaired) electrons. The Morgan fingerprint density at radius 2 is 2.07 bits per heavy atom. The van der Waals surface area contributed by atoms with Gasteiger partial charge in [0.25, 0.3) is 0 Å². The van der Waals surface area contributed by atoms with Crippen molar-refractivity contribution in [1.82, 2.24) is 4.98 Å². The fourth-order valence-corrected chi connectivity index (χ4v) is 1.85. The quantitative estimate of drug-likeness (QED) is 0.759. The number of nitrogens with zero attached hydrogens (tertiary/aromatic N) is 1. The van der Waals surface area contributed by atoms with Gasteiger partial charge < -0.3 is 5.73 Å². The van der Waals surface area contributed by atoms with Crippen molar-refractivity contribution in [3.05, 3.63) is 30.0 Å². The topological polar surface area (TPSA) is 56.0 Å². The van der Waals surface area contributed by atoms with Crippen LogP contribution in [0, 0.1) is 0 Å². The molecule has 0 unspecified atom stereocenters. The number of carbonyl (C=O) groups is 1. The van der Waals surface area contributed by atoms with Crippen molar-refractivity contribution in [1.29, 1.82) is 0 Å². The molecule has 3 nitrogen and oxygen atoms in total. The number of aromatic nitrogens is 1. The van der Waals surface area contributed by atoms with Crippen LogP contribution >= 0.6 is 0 Å². The monoisotopic (exact) mass is 202 g/mol. The van der Waals surface area contributed by atoms with Gasteiger partial charge in [-0.3, -0.25) is 4.79 Å². The maximum atomic E-state index is 11.4. The molecule has 0 spiro atoms. The number of nitrogens with two attached hydrogens (primary N) is 1. The average molecular weight is 202 g/mol. The lowest BCUT2D eigenvalue weighted by Crippen LogP contribution is -1.97. The number of rotatable bonds is 1. The number of nitrogen functional groups attached to an aromatic ring is 1. The molecule has 1 aliphatic rings. The Labute approximate surface area is 89.0 Å². The second kappa shape index (κ2) is 4.26. The zero-order valence-corrected chi connectivity index (χ0v) is 8.57. The van der Waals surface area contributed by atoms with Crippen LogP contribution in [0.15, 0.2) is 24.4 Å². The van der Waals surface area contributed by atoms with Crippen LogP contribution in [-0.2, 0) is 4.79 Å². The first-order valence-electron chi connectivity index (χ1n) is 5.21. The molecule has 2 N–H and O–H groups in total. The van der Waals surface area contributed by atoms with E-state index in [1.807, 2.05) is 12.1 Å². The van der Waals surface area contributed by atoms with Gasteiger partial charge in [0.05, 0.1) is 0 Å². The maximum Gasteiger partial charge on any atom is 0.155 e. The minimum Gasteiger partial charge on any atom is -0.383 e. The average Bonchev–Trinajstić information content (AvgIpc) is 2.43. The van der Waals surface area contributed by atoms with Crippen molar-refractivity contribution in [2.24, 2.45) is 0 Å². The molecule has 0 atom stereocenters. The largest absolute Gasteiger partial charge is 0.383 e. The summed E-state index contributed by atoms with van der Waals surface area (Å²) in [6, 6.07) is 3.77. The van der Waals surface area contributed by atoms with E-state index in [-0.39, 0.29) is 5.78 Å². The Hall–Kier alpha value is -1.64. The molecule has 1 aromatic rings. The molecule has 0 fully saturated rings. The fraction of sp³-hybridized carbons (Fsp3) is 0.333. The maximum absolute atomic E-state index is 11.4. The first-order valence-corrected chi connectivity index (χ1v) is 5.21. The number of allylic oxidation sites excluding steroid dienone is 2. The van der Waals surface area contributed by atoms with Crippen LogP contribution in [-0.4, -0.2) is 10.8 Å².